The Bertz CT molecular complexity index is 1140. The molecular weight excluding hydrogens is 431 g/mol. The molecule has 3 aromatic carbocycles. The minimum atomic E-state index is -3.78. The lowest BCUT2D eigenvalue weighted by Crippen LogP contribution is -2.39. The van der Waals surface area contributed by atoms with Gasteiger partial charge in [0.25, 0.3) is 0 Å². The lowest BCUT2D eigenvalue weighted by molar-refractivity contribution is -0.110. The highest BCUT2D eigenvalue weighted by atomic mass is 32.2. The number of hydrogen-bond acceptors (Lipinski definition) is 5. The molecule has 0 amide bonds. The molecule has 0 aliphatic carbocycles. The van der Waals surface area contributed by atoms with Crippen molar-refractivity contribution in [1.82, 2.24) is 9.79 Å². The van der Waals surface area contributed by atoms with Crippen LogP contribution in [0.15, 0.2) is 78.9 Å². The van der Waals surface area contributed by atoms with E-state index in [4.69, 9.17) is 9.57 Å². The van der Waals surface area contributed by atoms with Crippen LogP contribution in [-0.2, 0) is 28.0 Å². The van der Waals surface area contributed by atoms with Crippen LogP contribution in [0.4, 0.5) is 4.39 Å². The number of sulfonamides is 1. The topological polar surface area (TPSA) is 67.9 Å². The van der Waals surface area contributed by atoms with Gasteiger partial charge >= 0.3 is 0 Å². The number of ether oxygens (including phenoxy) is 1. The van der Waals surface area contributed by atoms with E-state index >= 15 is 0 Å². The molecule has 6 nitrogen and oxygen atoms in total. The van der Waals surface area contributed by atoms with Crippen LogP contribution >= 0.6 is 0 Å². The number of hydroxylamine groups is 2. The summed E-state index contributed by atoms with van der Waals surface area (Å²) in [4.78, 5) is 5.54. The predicted octanol–water partition coefficient (Wildman–Crippen LogP) is 3.81. The summed E-state index contributed by atoms with van der Waals surface area (Å²) < 4.78 is 48.2. The summed E-state index contributed by atoms with van der Waals surface area (Å²) in [5, 5.41) is 0.711. The van der Waals surface area contributed by atoms with E-state index in [2.05, 4.69) is 4.72 Å². The Balaban J connectivity index is 1.45. The first kappa shape index (κ1) is 22.4. The molecule has 1 aliphatic heterocycles. The first-order valence-electron chi connectivity index (χ1n) is 10.3. The number of rotatable bonds is 8. The lowest BCUT2D eigenvalue weighted by atomic mass is 10.0. The van der Waals surface area contributed by atoms with E-state index in [1.165, 1.54) is 6.07 Å². The summed E-state index contributed by atoms with van der Waals surface area (Å²) in [5.74, 6) is 0.244. The smallest absolute Gasteiger partial charge is 0.219 e. The first-order valence-corrected chi connectivity index (χ1v) is 11.8. The summed E-state index contributed by atoms with van der Waals surface area (Å²) in [7, 11) is -2.07. The summed E-state index contributed by atoms with van der Waals surface area (Å²) in [6.07, 6.45) is 0. The van der Waals surface area contributed by atoms with E-state index < -0.39 is 27.1 Å². The third-order valence-corrected chi connectivity index (χ3v) is 7.21. The molecule has 1 heterocycles. The van der Waals surface area contributed by atoms with E-state index in [1.54, 1.807) is 30.3 Å². The normalized spacial score (nSPS) is 19.2. The van der Waals surface area contributed by atoms with Gasteiger partial charge in [0.2, 0.25) is 10.0 Å². The van der Waals surface area contributed by atoms with Crippen LogP contribution < -0.4 is 9.46 Å². The number of benzene rings is 3. The molecule has 3 aromatic rings. The van der Waals surface area contributed by atoms with Crippen LogP contribution in [0.3, 0.4) is 0 Å². The summed E-state index contributed by atoms with van der Waals surface area (Å²) in [6.45, 7) is 0.345. The minimum absolute atomic E-state index is 0.0139. The van der Waals surface area contributed by atoms with Crippen molar-refractivity contribution in [2.75, 3.05) is 13.7 Å². The molecule has 8 heteroatoms. The average molecular weight is 457 g/mol. The fourth-order valence-electron chi connectivity index (χ4n) is 3.71. The minimum Gasteiger partial charge on any atom is -0.489 e. The van der Waals surface area contributed by atoms with Gasteiger partial charge in [-0.05, 0) is 29.3 Å². The predicted molar refractivity (Wildman–Crippen MR) is 120 cm³/mol. The zero-order valence-corrected chi connectivity index (χ0v) is 18.5. The molecule has 0 aromatic heterocycles. The fourth-order valence-corrected chi connectivity index (χ4v) is 5.19. The van der Waals surface area contributed by atoms with Crippen molar-refractivity contribution in [2.24, 2.45) is 0 Å². The molecule has 1 saturated heterocycles. The maximum absolute atomic E-state index is 13.9. The highest BCUT2D eigenvalue weighted by Gasteiger charge is 2.43. The van der Waals surface area contributed by atoms with E-state index in [0.29, 0.717) is 17.9 Å². The van der Waals surface area contributed by atoms with Crippen molar-refractivity contribution >= 4 is 10.0 Å². The maximum Gasteiger partial charge on any atom is 0.219 e. The molecule has 0 bridgehead atoms. The third kappa shape index (κ3) is 5.16. The molecule has 2 atom stereocenters. The van der Waals surface area contributed by atoms with Crippen LogP contribution in [0.5, 0.6) is 5.75 Å². The Kier molecular flexibility index (Phi) is 6.86. The molecule has 4 rings (SSSR count). The SMILES string of the molecule is CN1OCC(S(=O)(=O)NCc2ccccc2F)C1c1ccc(OCc2ccccc2)cc1. The summed E-state index contributed by atoms with van der Waals surface area (Å²) >= 11 is 0. The van der Waals surface area contributed by atoms with Crippen molar-refractivity contribution in [3.63, 3.8) is 0 Å². The van der Waals surface area contributed by atoms with E-state index in [9.17, 15) is 12.8 Å². The quantitative estimate of drug-likeness (QED) is 0.558. The standard InChI is InChI=1S/C24H25FN2O4S/c1-27-24(19-11-13-21(14-12-19)30-16-18-7-3-2-4-8-18)23(17-31-27)32(28,29)26-15-20-9-5-6-10-22(20)25/h2-14,23-24,26H,15-17H2,1H3. The third-order valence-electron chi connectivity index (χ3n) is 5.48. The molecular formula is C24H25FN2O4S. The van der Waals surface area contributed by atoms with Gasteiger partial charge in [0.05, 0.1) is 12.6 Å². The molecule has 0 radical (unpaired) electrons. The Morgan fingerprint density at radius 2 is 1.72 bits per heavy atom. The lowest BCUT2D eigenvalue weighted by Gasteiger charge is -2.23. The van der Waals surface area contributed by atoms with Gasteiger partial charge in [-0.1, -0.05) is 60.7 Å². The van der Waals surface area contributed by atoms with Gasteiger partial charge in [-0.15, -0.1) is 0 Å². The molecule has 0 saturated carbocycles. The van der Waals surface area contributed by atoms with Crippen LogP contribution in [0.2, 0.25) is 0 Å². The van der Waals surface area contributed by atoms with E-state index in [-0.39, 0.29) is 13.2 Å². The second kappa shape index (κ2) is 9.79. The monoisotopic (exact) mass is 456 g/mol. The molecule has 168 valence electrons. The molecule has 2 unspecified atom stereocenters. The Morgan fingerprint density at radius 1 is 1.03 bits per heavy atom. The van der Waals surface area contributed by atoms with Crippen molar-refractivity contribution in [2.45, 2.75) is 24.4 Å². The highest BCUT2D eigenvalue weighted by Crippen LogP contribution is 2.34. The zero-order chi connectivity index (χ0) is 22.6. The molecule has 1 fully saturated rings. The maximum atomic E-state index is 13.9. The largest absolute Gasteiger partial charge is 0.489 e. The van der Waals surface area contributed by atoms with Gasteiger partial charge in [-0.2, -0.15) is 5.06 Å². The summed E-state index contributed by atoms with van der Waals surface area (Å²) in [5.41, 5.74) is 2.14. The number of nitrogens with zero attached hydrogens (tertiary/aromatic N) is 1. The number of hydrogen-bond donors (Lipinski definition) is 1. The van der Waals surface area contributed by atoms with Crippen molar-refractivity contribution in [3.8, 4) is 5.75 Å². The second-order valence-electron chi connectivity index (χ2n) is 7.63. The molecule has 1 N–H and O–H groups in total. The molecule has 32 heavy (non-hydrogen) atoms. The van der Waals surface area contributed by atoms with Gasteiger partial charge in [0.1, 0.15) is 23.4 Å². The van der Waals surface area contributed by atoms with Gasteiger partial charge in [-0.25, -0.2) is 17.5 Å². The van der Waals surface area contributed by atoms with E-state index in [0.717, 1.165) is 11.1 Å². The van der Waals surface area contributed by atoms with Gasteiger partial charge in [-0.3, -0.25) is 4.84 Å². The Labute approximate surface area is 187 Å². The summed E-state index contributed by atoms with van der Waals surface area (Å²) in [6, 6.07) is 22.8. The van der Waals surface area contributed by atoms with Crippen molar-refractivity contribution < 1.29 is 22.4 Å². The van der Waals surface area contributed by atoms with Gasteiger partial charge in [0, 0.05) is 19.2 Å². The highest BCUT2D eigenvalue weighted by molar-refractivity contribution is 7.90. The molecule has 1 aliphatic rings. The number of halogens is 1. The van der Waals surface area contributed by atoms with Gasteiger partial charge in [0.15, 0.2) is 0 Å². The first-order chi connectivity index (χ1) is 15.4. The molecule has 0 spiro atoms. The zero-order valence-electron chi connectivity index (χ0n) is 17.6. The second-order valence-corrected chi connectivity index (χ2v) is 9.61. The van der Waals surface area contributed by atoms with Crippen LogP contribution in [0.1, 0.15) is 22.7 Å². The van der Waals surface area contributed by atoms with Crippen LogP contribution in [0.25, 0.3) is 0 Å². The van der Waals surface area contributed by atoms with Crippen LogP contribution in [0, 0.1) is 5.82 Å². The Morgan fingerprint density at radius 3 is 2.44 bits per heavy atom. The average Bonchev–Trinajstić information content (AvgIpc) is 3.20. The van der Waals surface area contributed by atoms with E-state index in [1.807, 2.05) is 54.6 Å². The van der Waals surface area contributed by atoms with Crippen LogP contribution in [-0.4, -0.2) is 32.4 Å². The van der Waals surface area contributed by atoms with Gasteiger partial charge < -0.3 is 4.74 Å². The van der Waals surface area contributed by atoms with Crippen molar-refractivity contribution in [3.05, 3.63) is 101 Å². The number of nitrogens with one attached hydrogen (secondary N) is 1. The fraction of sp³-hybridized carbons (Fsp3) is 0.250. The Hall–Kier alpha value is -2.78. The van der Waals surface area contributed by atoms with Crippen molar-refractivity contribution in [1.29, 1.82) is 0 Å².